The lowest BCUT2D eigenvalue weighted by Gasteiger charge is -2.24. The van der Waals surface area contributed by atoms with Gasteiger partial charge < -0.3 is 0 Å². The lowest BCUT2D eigenvalue weighted by molar-refractivity contribution is -0.119. The molecule has 3 rings (SSSR count). The number of hydrogen-bond acceptors (Lipinski definition) is 5. The van der Waals surface area contributed by atoms with Crippen LogP contribution in [0.1, 0.15) is 11.1 Å². The van der Waals surface area contributed by atoms with Crippen LogP contribution in [0.15, 0.2) is 92.2 Å². The van der Waals surface area contributed by atoms with Crippen LogP contribution in [0.25, 0.3) is 0 Å². The molecule has 0 fully saturated rings. The van der Waals surface area contributed by atoms with Crippen LogP contribution in [0.2, 0.25) is 0 Å². The largest absolute Gasteiger partial charge is 0.271 e. The highest BCUT2D eigenvalue weighted by Crippen LogP contribution is 2.25. The number of amides is 1. The van der Waals surface area contributed by atoms with Crippen molar-refractivity contribution in [3.63, 3.8) is 0 Å². The molecule has 6 nitrogen and oxygen atoms in total. The first-order valence-electron chi connectivity index (χ1n) is 9.60. The molecule has 0 spiro atoms. The molecule has 0 aliphatic heterocycles. The van der Waals surface area contributed by atoms with Gasteiger partial charge in [-0.2, -0.15) is 5.10 Å². The number of nitrogens with one attached hydrogen (secondary N) is 1. The Kier molecular flexibility index (Phi) is 8.11. The SMILES string of the molecule is CSc1ccc(S(=O)(=O)N(CC(=O)N/N=C\c2ccc(Br)cc2)c2ccc(C)cc2)cc1. The van der Waals surface area contributed by atoms with Crippen molar-refractivity contribution >= 4 is 55.5 Å². The van der Waals surface area contributed by atoms with Gasteiger partial charge in [-0.1, -0.05) is 45.8 Å². The van der Waals surface area contributed by atoms with Crippen LogP contribution in [0, 0.1) is 6.92 Å². The summed E-state index contributed by atoms with van der Waals surface area (Å²) in [5.41, 5.74) is 4.59. The second kappa shape index (κ2) is 10.8. The normalized spacial score (nSPS) is 11.5. The molecule has 0 aliphatic carbocycles. The van der Waals surface area contributed by atoms with Crippen molar-refractivity contribution in [1.29, 1.82) is 0 Å². The standard InChI is InChI=1S/C23H22BrN3O3S2/c1-17-3-9-20(10-4-17)27(32(29,30)22-13-11-21(31-2)12-14-22)16-23(28)26-25-15-18-5-7-19(24)8-6-18/h3-15H,16H2,1-2H3,(H,26,28)/b25-15-. The number of anilines is 1. The lowest BCUT2D eigenvalue weighted by Crippen LogP contribution is -2.39. The maximum atomic E-state index is 13.4. The fourth-order valence-electron chi connectivity index (χ4n) is 2.79. The number of benzene rings is 3. The summed E-state index contributed by atoms with van der Waals surface area (Å²) in [5, 5.41) is 3.95. The summed E-state index contributed by atoms with van der Waals surface area (Å²) in [6, 6.07) is 20.9. The molecule has 3 aromatic rings. The summed E-state index contributed by atoms with van der Waals surface area (Å²) < 4.78 is 28.8. The third kappa shape index (κ3) is 6.21. The van der Waals surface area contributed by atoms with Gasteiger partial charge in [0.05, 0.1) is 16.8 Å². The van der Waals surface area contributed by atoms with Crippen molar-refractivity contribution in [3.8, 4) is 0 Å². The maximum absolute atomic E-state index is 13.4. The van der Waals surface area contributed by atoms with E-state index in [0.29, 0.717) is 5.69 Å². The number of carbonyl (C=O) groups is 1. The fourth-order valence-corrected chi connectivity index (χ4v) is 4.89. The molecule has 1 amide bonds. The molecule has 1 N–H and O–H groups in total. The number of nitrogens with zero attached hydrogens (tertiary/aromatic N) is 2. The van der Waals surface area contributed by atoms with E-state index in [1.54, 1.807) is 48.5 Å². The van der Waals surface area contributed by atoms with Gasteiger partial charge in [0.1, 0.15) is 6.54 Å². The summed E-state index contributed by atoms with van der Waals surface area (Å²) in [4.78, 5) is 13.6. The van der Waals surface area contributed by atoms with E-state index in [4.69, 9.17) is 0 Å². The fraction of sp³-hybridized carbons (Fsp3) is 0.130. The lowest BCUT2D eigenvalue weighted by atomic mass is 10.2. The zero-order valence-corrected chi connectivity index (χ0v) is 20.7. The first-order chi connectivity index (χ1) is 15.3. The van der Waals surface area contributed by atoms with E-state index < -0.39 is 22.5 Å². The van der Waals surface area contributed by atoms with Gasteiger partial charge in [-0.15, -0.1) is 11.8 Å². The summed E-state index contributed by atoms with van der Waals surface area (Å²) in [5.74, 6) is -0.553. The van der Waals surface area contributed by atoms with E-state index in [1.165, 1.54) is 18.0 Å². The van der Waals surface area contributed by atoms with Crippen LogP contribution >= 0.6 is 27.7 Å². The molecule has 3 aromatic carbocycles. The summed E-state index contributed by atoms with van der Waals surface area (Å²) in [6.07, 6.45) is 3.41. The van der Waals surface area contributed by atoms with E-state index in [9.17, 15) is 13.2 Å². The predicted octanol–water partition coefficient (Wildman–Crippen LogP) is 4.83. The van der Waals surface area contributed by atoms with E-state index in [1.807, 2.05) is 37.4 Å². The van der Waals surface area contributed by atoms with Gasteiger partial charge in [0.25, 0.3) is 15.9 Å². The van der Waals surface area contributed by atoms with Crippen molar-refractivity contribution in [2.24, 2.45) is 5.10 Å². The van der Waals surface area contributed by atoms with Crippen molar-refractivity contribution in [2.75, 3.05) is 17.1 Å². The first kappa shape index (κ1) is 24.0. The zero-order valence-electron chi connectivity index (χ0n) is 17.5. The summed E-state index contributed by atoms with van der Waals surface area (Å²) >= 11 is 4.88. The van der Waals surface area contributed by atoms with Crippen molar-refractivity contribution in [2.45, 2.75) is 16.7 Å². The van der Waals surface area contributed by atoms with Gasteiger partial charge in [-0.05, 0) is 67.3 Å². The molecular formula is C23H22BrN3O3S2. The van der Waals surface area contributed by atoms with Crippen molar-refractivity contribution in [1.82, 2.24) is 5.43 Å². The van der Waals surface area contributed by atoms with Gasteiger partial charge in [0, 0.05) is 9.37 Å². The third-order valence-electron chi connectivity index (χ3n) is 4.53. The van der Waals surface area contributed by atoms with Crippen LogP contribution in [-0.2, 0) is 14.8 Å². The molecule has 0 saturated carbocycles. The Morgan fingerprint density at radius 1 is 1.03 bits per heavy atom. The zero-order chi connectivity index (χ0) is 23.1. The molecule has 0 heterocycles. The van der Waals surface area contributed by atoms with Gasteiger partial charge >= 0.3 is 0 Å². The van der Waals surface area contributed by atoms with Crippen LogP contribution in [0.4, 0.5) is 5.69 Å². The minimum atomic E-state index is -3.96. The molecule has 0 atom stereocenters. The Bertz CT molecular complexity index is 1190. The second-order valence-corrected chi connectivity index (χ2v) is 10.5. The van der Waals surface area contributed by atoms with Gasteiger partial charge in [0.15, 0.2) is 0 Å². The average Bonchev–Trinajstić information content (AvgIpc) is 2.79. The smallest absolute Gasteiger partial charge is 0.264 e. The van der Waals surface area contributed by atoms with Crippen molar-refractivity contribution < 1.29 is 13.2 Å². The Labute approximate surface area is 200 Å². The van der Waals surface area contributed by atoms with E-state index in [0.717, 1.165) is 24.8 Å². The number of thioether (sulfide) groups is 1. The number of sulfonamides is 1. The summed E-state index contributed by atoms with van der Waals surface area (Å²) in [6.45, 7) is 1.50. The number of aryl methyl sites for hydroxylation is 1. The Balaban J connectivity index is 1.83. The highest BCUT2D eigenvalue weighted by atomic mass is 79.9. The van der Waals surface area contributed by atoms with Gasteiger partial charge in [0.2, 0.25) is 0 Å². The Morgan fingerprint density at radius 2 is 1.66 bits per heavy atom. The van der Waals surface area contributed by atoms with E-state index >= 15 is 0 Å². The number of carbonyl (C=O) groups excluding carboxylic acids is 1. The molecule has 0 unspecified atom stereocenters. The van der Waals surface area contributed by atoms with E-state index in [2.05, 4.69) is 26.5 Å². The number of halogens is 1. The van der Waals surface area contributed by atoms with Crippen LogP contribution in [0.3, 0.4) is 0 Å². The number of hydrogen-bond donors (Lipinski definition) is 1. The second-order valence-electron chi connectivity index (χ2n) is 6.87. The molecule has 0 saturated heterocycles. The Hall–Kier alpha value is -2.62. The molecule has 166 valence electrons. The molecule has 0 aliphatic rings. The maximum Gasteiger partial charge on any atom is 0.264 e. The minimum Gasteiger partial charge on any atom is -0.271 e. The molecule has 0 radical (unpaired) electrons. The van der Waals surface area contributed by atoms with Crippen LogP contribution in [-0.4, -0.2) is 33.3 Å². The topological polar surface area (TPSA) is 78.8 Å². The highest BCUT2D eigenvalue weighted by molar-refractivity contribution is 9.10. The predicted molar refractivity (Wildman–Crippen MR) is 134 cm³/mol. The summed E-state index contributed by atoms with van der Waals surface area (Å²) in [7, 11) is -3.96. The Morgan fingerprint density at radius 3 is 2.25 bits per heavy atom. The number of hydrazone groups is 1. The van der Waals surface area contributed by atoms with Crippen LogP contribution < -0.4 is 9.73 Å². The molecular weight excluding hydrogens is 510 g/mol. The average molecular weight is 532 g/mol. The molecule has 9 heteroatoms. The molecule has 0 bridgehead atoms. The first-order valence-corrected chi connectivity index (χ1v) is 13.1. The monoisotopic (exact) mass is 531 g/mol. The number of rotatable bonds is 8. The third-order valence-corrected chi connectivity index (χ3v) is 7.59. The quantitative estimate of drug-likeness (QED) is 0.256. The molecule has 32 heavy (non-hydrogen) atoms. The van der Waals surface area contributed by atoms with Crippen LogP contribution in [0.5, 0.6) is 0 Å². The van der Waals surface area contributed by atoms with Gasteiger partial charge in [-0.3, -0.25) is 9.10 Å². The van der Waals surface area contributed by atoms with Gasteiger partial charge in [-0.25, -0.2) is 13.8 Å². The minimum absolute atomic E-state index is 0.113. The highest BCUT2D eigenvalue weighted by Gasteiger charge is 2.27. The molecule has 0 aromatic heterocycles. The van der Waals surface area contributed by atoms with E-state index in [-0.39, 0.29) is 4.90 Å². The van der Waals surface area contributed by atoms with Crippen molar-refractivity contribution in [3.05, 3.63) is 88.4 Å².